The van der Waals surface area contributed by atoms with Crippen molar-refractivity contribution >= 4 is 33.5 Å². The average Bonchev–Trinajstić information content (AvgIpc) is 2.63. The van der Waals surface area contributed by atoms with E-state index in [2.05, 4.69) is 21.2 Å². The molecule has 7 heteroatoms. The molecule has 0 saturated carbocycles. The van der Waals surface area contributed by atoms with Gasteiger partial charge in [0.15, 0.2) is 6.61 Å². The number of aryl methyl sites for hydroxylation is 2. The third-order valence-corrected chi connectivity index (χ3v) is 4.93. The van der Waals surface area contributed by atoms with Crippen molar-refractivity contribution in [3.8, 4) is 11.5 Å². The summed E-state index contributed by atoms with van der Waals surface area (Å²) in [6.07, 6.45) is 0. The minimum atomic E-state index is -0.650. The predicted octanol–water partition coefficient (Wildman–Crippen LogP) is 3.88. The second-order valence-electron chi connectivity index (χ2n) is 5.61. The van der Waals surface area contributed by atoms with Crippen LogP contribution in [0.1, 0.15) is 21.5 Å². The lowest BCUT2D eigenvalue weighted by atomic mass is 10.1. The van der Waals surface area contributed by atoms with Gasteiger partial charge < -0.3 is 19.5 Å². The van der Waals surface area contributed by atoms with Gasteiger partial charge in [0.1, 0.15) is 17.1 Å². The normalized spacial score (nSPS) is 10.2. The van der Waals surface area contributed by atoms with Crippen LogP contribution in [0.4, 0.5) is 5.69 Å². The molecule has 2 rings (SSSR count). The molecule has 138 valence electrons. The Balaban J connectivity index is 2.00. The third-order valence-electron chi connectivity index (χ3n) is 3.68. The number of hydrogen-bond acceptors (Lipinski definition) is 5. The molecule has 0 aliphatic heterocycles. The molecule has 0 spiro atoms. The van der Waals surface area contributed by atoms with Gasteiger partial charge in [-0.1, -0.05) is 15.9 Å². The van der Waals surface area contributed by atoms with E-state index in [0.29, 0.717) is 17.2 Å². The molecule has 0 bridgehead atoms. The second kappa shape index (κ2) is 8.71. The van der Waals surface area contributed by atoms with Crippen LogP contribution in [-0.2, 0) is 9.53 Å². The molecule has 0 heterocycles. The molecule has 0 aromatic heterocycles. The van der Waals surface area contributed by atoms with Gasteiger partial charge in [-0.25, -0.2) is 4.79 Å². The van der Waals surface area contributed by atoms with E-state index in [1.807, 2.05) is 26.0 Å². The quantitative estimate of drug-likeness (QED) is 0.716. The molecule has 26 heavy (non-hydrogen) atoms. The highest BCUT2D eigenvalue weighted by Crippen LogP contribution is 2.26. The van der Waals surface area contributed by atoms with E-state index in [1.54, 1.807) is 12.1 Å². The van der Waals surface area contributed by atoms with E-state index in [4.69, 9.17) is 14.2 Å². The van der Waals surface area contributed by atoms with Crippen molar-refractivity contribution in [1.82, 2.24) is 0 Å². The molecule has 2 aromatic carbocycles. The van der Waals surface area contributed by atoms with Crippen LogP contribution in [0.3, 0.4) is 0 Å². The van der Waals surface area contributed by atoms with E-state index < -0.39 is 18.5 Å². The van der Waals surface area contributed by atoms with Gasteiger partial charge in [-0.3, -0.25) is 4.79 Å². The Labute approximate surface area is 160 Å². The van der Waals surface area contributed by atoms with Crippen LogP contribution in [0, 0.1) is 13.8 Å². The molecule has 0 fully saturated rings. The summed E-state index contributed by atoms with van der Waals surface area (Å²) in [6, 6.07) is 8.39. The largest absolute Gasteiger partial charge is 0.497 e. The van der Waals surface area contributed by atoms with Crippen molar-refractivity contribution in [3.05, 3.63) is 51.5 Å². The van der Waals surface area contributed by atoms with Gasteiger partial charge in [-0.05, 0) is 49.2 Å². The van der Waals surface area contributed by atoms with Crippen molar-refractivity contribution in [1.29, 1.82) is 0 Å². The van der Waals surface area contributed by atoms with E-state index in [1.165, 1.54) is 20.3 Å². The van der Waals surface area contributed by atoms with Gasteiger partial charge in [-0.2, -0.15) is 0 Å². The summed E-state index contributed by atoms with van der Waals surface area (Å²) in [6.45, 7) is 3.47. The number of nitrogens with one attached hydrogen (secondary N) is 1. The Bertz CT molecular complexity index is 812. The van der Waals surface area contributed by atoms with Gasteiger partial charge >= 0.3 is 5.97 Å². The summed E-state index contributed by atoms with van der Waals surface area (Å²) in [5.41, 5.74) is 2.86. The number of carbonyl (C=O) groups is 2. The second-order valence-corrected chi connectivity index (χ2v) is 6.41. The van der Waals surface area contributed by atoms with Crippen LogP contribution in [0.2, 0.25) is 0 Å². The highest BCUT2D eigenvalue weighted by atomic mass is 79.9. The zero-order valence-corrected chi connectivity index (χ0v) is 16.6. The summed E-state index contributed by atoms with van der Waals surface area (Å²) in [4.78, 5) is 24.3. The Morgan fingerprint density at radius 1 is 1.04 bits per heavy atom. The lowest BCUT2D eigenvalue weighted by molar-refractivity contribution is -0.119. The molecule has 1 N–H and O–H groups in total. The number of halogens is 1. The van der Waals surface area contributed by atoms with E-state index in [0.717, 1.165) is 15.6 Å². The number of benzene rings is 2. The van der Waals surface area contributed by atoms with Gasteiger partial charge in [0.2, 0.25) is 0 Å². The number of esters is 1. The van der Waals surface area contributed by atoms with E-state index in [-0.39, 0.29) is 5.56 Å². The third kappa shape index (κ3) is 4.76. The van der Waals surface area contributed by atoms with Crippen molar-refractivity contribution < 1.29 is 23.8 Å². The molecular weight excluding hydrogens is 402 g/mol. The number of rotatable bonds is 6. The van der Waals surface area contributed by atoms with Gasteiger partial charge in [0, 0.05) is 16.2 Å². The highest BCUT2D eigenvalue weighted by Gasteiger charge is 2.16. The topological polar surface area (TPSA) is 73.9 Å². The molecule has 1 amide bonds. The first-order valence-corrected chi connectivity index (χ1v) is 8.60. The van der Waals surface area contributed by atoms with Gasteiger partial charge in [0.25, 0.3) is 5.91 Å². The molecule has 6 nitrogen and oxygen atoms in total. The Hall–Kier alpha value is -2.54. The summed E-state index contributed by atoms with van der Waals surface area (Å²) < 4.78 is 16.3. The molecule has 2 aromatic rings. The van der Waals surface area contributed by atoms with Crippen LogP contribution in [0.25, 0.3) is 0 Å². The smallest absolute Gasteiger partial charge is 0.342 e. The fourth-order valence-corrected chi connectivity index (χ4v) is 2.62. The zero-order valence-electron chi connectivity index (χ0n) is 15.0. The number of methoxy groups -OCH3 is 2. The number of amides is 1. The molecular formula is C19H20BrNO5. The molecule has 0 unspecified atom stereocenters. The standard InChI is InChI=1S/C19H20BrNO5/c1-11-7-13(8-12(2)18(11)20)21-17(22)10-26-19(23)15-6-5-14(24-3)9-16(15)25-4/h5-9H,10H2,1-4H3,(H,21,22). The lowest BCUT2D eigenvalue weighted by Crippen LogP contribution is -2.21. The first-order chi connectivity index (χ1) is 12.3. The maximum atomic E-state index is 12.2. The van der Waals surface area contributed by atoms with Crippen molar-refractivity contribution in [2.45, 2.75) is 13.8 Å². The van der Waals surface area contributed by atoms with Crippen LogP contribution < -0.4 is 14.8 Å². The van der Waals surface area contributed by atoms with Crippen LogP contribution in [0.15, 0.2) is 34.8 Å². The van der Waals surface area contributed by atoms with E-state index >= 15 is 0 Å². The zero-order chi connectivity index (χ0) is 19.3. The highest BCUT2D eigenvalue weighted by molar-refractivity contribution is 9.10. The van der Waals surface area contributed by atoms with Crippen LogP contribution in [-0.4, -0.2) is 32.7 Å². The summed E-state index contributed by atoms with van der Waals surface area (Å²) in [5, 5.41) is 2.72. The minimum absolute atomic E-state index is 0.219. The van der Waals surface area contributed by atoms with Crippen LogP contribution >= 0.6 is 15.9 Å². The SMILES string of the molecule is COc1ccc(C(=O)OCC(=O)Nc2cc(C)c(Br)c(C)c2)c(OC)c1. The molecule has 0 aliphatic rings. The average molecular weight is 422 g/mol. The molecule has 0 saturated heterocycles. The Morgan fingerprint density at radius 3 is 2.27 bits per heavy atom. The predicted molar refractivity (Wildman–Crippen MR) is 102 cm³/mol. The Morgan fingerprint density at radius 2 is 1.69 bits per heavy atom. The summed E-state index contributed by atoms with van der Waals surface area (Å²) >= 11 is 3.48. The van der Waals surface area contributed by atoms with Gasteiger partial charge in [-0.15, -0.1) is 0 Å². The fraction of sp³-hybridized carbons (Fsp3) is 0.263. The first-order valence-electron chi connectivity index (χ1n) is 7.81. The maximum Gasteiger partial charge on any atom is 0.342 e. The molecule has 0 radical (unpaired) electrons. The van der Waals surface area contributed by atoms with E-state index in [9.17, 15) is 9.59 Å². The van der Waals surface area contributed by atoms with Gasteiger partial charge in [0.05, 0.1) is 14.2 Å². The Kier molecular flexibility index (Phi) is 6.63. The van der Waals surface area contributed by atoms with Crippen molar-refractivity contribution in [3.63, 3.8) is 0 Å². The number of carbonyl (C=O) groups excluding carboxylic acids is 2. The monoisotopic (exact) mass is 421 g/mol. The summed E-state index contributed by atoms with van der Waals surface area (Å²) in [5.74, 6) is -0.208. The maximum absolute atomic E-state index is 12.2. The van der Waals surface area contributed by atoms with Crippen molar-refractivity contribution in [2.24, 2.45) is 0 Å². The number of hydrogen-bond donors (Lipinski definition) is 1. The minimum Gasteiger partial charge on any atom is -0.497 e. The molecule has 0 atom stereocenters. The fourth-order valence-electron chi connectivity index (χ4n) is 2.39. The van der Waals surface area contributed by atoms with Crippen LogP contribution in [0.5, 0.6) is 11.5 Å². The first kappa shape index (κ1) is 19.8. The molecule has 0 aliphatic carbocycles. The lowest BCUT2D eigenvalue weighted by Gasteiger charge is -2.11. The number of anilines is 1. The number of ether oxygens (including phenoxy) is 3. The van der Waals surface area contributed by atoms with Crippen molar-refractivity contribution in [2.75, 3.05) is 26.1 Å². The summed E-state index contributed by atoms with van der Waals surface area (Å²) in [7, 11) is 2.96.